The molecule has 82 valence electrons. The largest absolute Gasteiger partial charge is 0.312 e. The van der Waals surface area contributed by atoms with E-state index in [9.17, 15) is 0 Å². The van der Waals surface area contributed by atoms with Crippen molar-refractivity contribution < 1.29 is 0 Å². The lowest BCUT2D eigenvalue weighted by atomic mass is 10.3. The van der Waals surface area contributed by atoms with Gasteiger partial charge in [0, 0.05) is 37.5 Å². The van der Waals surface area contributed by atoms with Crippen LogP contribution in [0.5, 0.6) is 0 Å². The Morgan fingerprint density at radius 3 is 2.93 bits per heavy atom. The quantitative estimate of drug-likeness (QED) is 0.676. The number of likely N-dealkylation sites (tertiary alicyclic amines) is 1. The van der Waals surface area contributed by atoms with Crippen LogP contribution >= 0.6 is 11.8 Å². The zero-order valence-corrected chi connectivity index (χ0v) is 9.98. The van der Waals surface area contributed by atoms with Crippen molar-refractivity contribution in [3.05, 3.63) is 0 Å². The van der Waals surface area contributed by atoms with Gasteiger partial charge in [0.1, 0.15) is 0 Å². The second-order valence-electron chi connectivity index (χ2n) is 4.36. The van der Waals surface area contributed by atoms with Gasteiger partial charge in [0.25, 0.3) is 0 Å². The first-order valence-electron chi connectivity index (χ1n) is 5.95. The summed E-state index contributed by atoms with van der Waals surface area (Å²) in [6, 6.07) is 1.75. The van der Waals surface area contributed by atoms with Gasteiger partial charge in [-0.15, -0.1) is 0 Å². The number of nitrogens with zero attached hydrogens (tertiary/aromatic N) is 1. The molecular weight excluding hydrogens is 192 g/mol. The summed E-state index contributed by atoms with van der Waals surface area (Å²) in [5.41, 5.74) is 0. The fourth-order valence-corrected chi connectivity index (χ4v) is 2.76. The monoisotopic (exact) mass is 214 g/mol. The van der Waals surface area contributed by atoms with E-state index in [1.165, 1.54) is 50.4 Å². The van der Waals surface area contributed by atoms with Crippen molar-refractivity contribution in [2.75, 3.05) is 31.1 Å². The Morgan fingerprint density at radius 2 is 2.21 bits per heavy atom. The summed E-state index contributed by atoms with van der Waals surface area (Å²) in [5.74, 6) is 2.52. The van der Waals surface area contributed by atoms with Crippen LogP contribution in [0.15, 0.2) is 0 Å². The van der Waals surface area contributed by atoms with E-state index in [4.69, 9.17) is 0 Å². The van der Waals surface area contributed by atoms with Crippen molar-refractivity contribution in [3.63, 3.8) is 0 Å². The normalized spacial score (nSPS) is 28.5. The van der Waals surface area contributed by atoms with Crippen molar-refractivity contribution in [1.29, 1.82) is 0 Å². The fraction of sp³-hybridized carbons (Fsp3) is 1.00. The Labute approximate surface area is 91.8 Å². The van der Waals surface area contributed by atoms with Crippen LogP contribution in [-0.2, 0) is 0 Å². The summed E-state index contributed by atoms with van der Waals surface area (Å²) in [4.78, 5) is 2.67. The average molecular weight is 214 g/mol. The molecule has 2 nitrogen and oxygen atoms in total. The molecule has 0 aromatic rings. The summed E-state index contributed by atoms with van der Waals surface area (Å²) < 4.78 is 0. The highest BCUT2D eigenvalue weighted by Crippen LogP contribution is 2.29. The van der Waals surface area contributed by atoms with Crippen molar-refractivity contribution in [2.45, 2.75) is 38.3 Å². The molecule has 1 saturated heterocycles. The van der Waals surface area contributed by atoms with Gasteiger partial charge in [0.2, 0.25) is 0 Å². The van der Waals surface area contributed by atoms with E-state index in [0.29, 0.717) is 0 Å². The number of thioether (sulfide) groups is 1. The molecule has 0 amide bonds. The Balaban J connectivity index is 1.54. The minimum absolute atomic E-state index is 0.785. The van der Waals surface area contributed by atoms with Crippen molar-refractivity contribution in [2.24, 2.45) is 0 Å². The third kappa shape index (κ3) is 3.14. The van der Waals surface area contributed by atoms with Gasteiger partial charge in [0.05, 0.1) is 0 Å². The second-order valence-corrected chi connectivity index (χ2v) is 5.76. The Hall–Kier alpha value is 0.270. The number of rotatable bonds is 6. The first-order chi connectivity index (χ1) is 6.90. The zero-order valence-electron chi connectivity index (χ0n) is 9.17. The van der Waals surface area contributed by atoms with Gasteiger partial charge in [0.15, 0.2) is 0 Å². The maximum absolute atomic E-state index is 3.67. The summed E-state index contributed by atoms with van der Waals surface area (Å²) >= 11 is 2.03. The Bertz CT molecular complexity index is 171. The van der Waals surface area contributed by atoms with Crippen LogP contribution in [0, 0.1) is 0 Å². The molecular formula is C11H22N2S. The average Bonchev–Trinajstić information content (AvgIpc) is 2.94. The van der Waals surface area contributed by atoms with E-state index in [1.54, 1.807) is 0 Å². The molecule has 1 heterocycles. The molecule has 1 aliphatic heterocycles. The summed E-state index contributed by atoms with van der Waals surface area (Å²) in [6.45, 7) is 6.07. The van der Waals surface area contributed by atoms with E-state index in [-0.39, 0.29) is 0 Å². The predicted molar refractivity (Wildman–Crippen MR) is 64.0 cm³/mol. The van der Waals surface area contributed by atoms with E-state index in [2.05, 4.69) is 17.1 Å². The molecule has 0 aromatic carbocycles. The minimum Gasteiger partial charge on any atom is -0.312 e. The molecule has 1 unspecified atom stereocenters. The van der Waals surface area contributed by atoms with Gasteiger partial charge in [-0.05, 0) is 25.0 Å². The molecule has 1 aliphatic carbocycles. The van der Waals surface area contributed by atoms with Gasteiger partial charge in [-0.25, -0.2) is 0 Å². The molecule has 2 rings (SSSR count). The summed E-state index contributed by atoms with van der Waals surface area (Å²) in [6.07, 6.45) is 4.28. The second kappa shape index (κ2) is 5.38. The highest BCUT2D eigenvalue weighted by Gasteiger charge is 2.33. The first-order valence-corrected chi connectivity index (χ1v) is 7.11. The highest BCUT2D eigenvalue weighted by molar-refractivity contribution is 7.99. The van der Waals surface area contributed by atoms with Gasteiger partial charge in [-0.2, -0.15) is 11.8 Å². The van der Waals surface area contributed by atoms with E-state index in [1.807, 2.05) is 11.8 Å². The number of nitrogens with one attached hydrogen (secondary N) is 1. The highest BCUT2D eigenvalue weighted by atomic mass is 32.2. The van der Waals surface area contributed by atoms with E-state index in [0.717, 1.165) is 12.1 Å². The standard InChI is InChI=1S/C11H22N2S/c1-2-14-8-6-12-10-5-7-13(9-10)11-3-4-11/h10-12H,2-9H2,1H3. The smallest absolute Gasteiger partial charge is 0.0207 e. The van der Waals surface area contributed by atoms with Crippen molar-refractivity contribution in [3.8, 4) is 0 Å². The molecule has 2 fully saturated rings. The lowest BCUT2D eigenvalue weighted by Crippen LogP contribution is -2.34. The first kappa shape index (κ1) is 10.8. The lowest BCUT2D eigenvalue weighted by Gasteiger charge is -2.15. The molecule has 1 N–H and O–H groups in total. The maximum Gasteiger partial charge on any atom is 0.0207 e. The predicted octanol–water partition coefficient (Wildman–Crippen LogP) is 1.57. The molecule has 2 aliphatic rings. The van der Waals surface area contributed by atoms with E-state index >= 15 is 0 Å². The van der Waals surface area contributed by atoms with Crippen LogP contribution in [0.2, 0.25) is 0 Å². The molecule has 1 saturated carbocycles. The topological polar surface area (TPSA) is 15.3 Å². The van der Waals surface area contributed by atoms with Gasteiger partial charge >= 0.3 is 0 Å². The van der Waals surface area contributed by atoms with Gasteiger partial charge in [-0.1, -0.05) is 6.92 Å². The van der Waals surface area contributed by atoms with Crippen LogP contribution < -0.4 is 5.32 Å². The SMILES string of the molecule is CCSCCNC1CCN(C2CC2)C1. The third-order valence-corrected chi connectivity index (χ3v) is 4.07. The zero-order chi connectivity index (χ0) is 9.80. The van der Waals surface area contributed by atoms with E-state index < -0.39 is 0 Å². The minimum atomic E-state index is 0.785. The Morgan fingerprint density at radius 1 is 1.36 bits per heavy atom. The van der Waals surface area contributed by atoms with Gasteiger partial charge < -0.3 is 5.32 Å². The van der Waals surface area contributed by atoms with Crippen molar-refractivity contribution >= 4 is 11.8 Å². The maximum atomic E-state index is 3.67. The van der Waals surface area contributed by atoms with Crippen LogP contribution in [0.3, 0.4) is 0 Å². The summed E-state index contributed by atoms with van der Waals surface area (Å²) in [5, 5.41) is 3.67. The Kier molecular flexibility index (Phi) is 4.14. The van der Waals surface area contributed by atoms with Crippen LogP contribution in [-0.4, -0.2) is 48.1 Å². The molecule has 0 bridgehead atoms. The van der Waals surface area contributed by atoms with Gasteiger partial charge in [-0.3, -0.25) is 4.90 Å². The molecule has 14 heavy (non-hydrogen) atoms. The molecule has 3 heteroatoms. The van der Waals surface area contributed by atoms with Crippen LogP contribution in [0.4, 0.5) is 0 Å². The number of hydrogen-bond acceptors (Lipinski definition) is 3. The molecule has 1 atom stereocenters. The van der Waals surface area contributed by atoms with Crippen LogP contribution in [0.1, 0.15) is 26.2 Å². The molecule has 0 radical (unpaired) electrons. The molecule has 0 spiro atoms. The third-order valence-electron chi connectivity index (χ3n) is 3.17. The molecule has 0 aromatic heterocycles. The number of hydrogen-bond donors (Lipinski definition) is 1. The van der Waals surface area contributed by atoms with Crippen molar-refractivity contribution in [1.82, 2.24) is 10.2 Å². The fourth-order valence-electron chi connectivity index (χ4n) is 2.20. The van der Waals surface area contributed by atoms with Crippen LogP contribution in [0.25, 0.3) is 0 Å². The lowest BCUT2D eigenvalue weighted by molar-refractivity contribution is 0.318. The summed E-state index contributed by atoms with van der Waals surface area (Å²) in [7, 11) is 0.